The molecular weight excluding hydrogens is 268 g/mol. The van der Waals surface area contributed by atoms with Gasteiger partial charge in [0, 0.05) is 5.56 Å². The monoisotopic (exact) mass is 280 g/mol. The molecule has 0 radical (unpaired) electrons. The lowest BCUT2D eigenvalue weighted by atomic mass is 10.0. The van der Waals surface area contributed by atoms with E-state index >= 15 is 0 Å². The van der Waals surface area contributed by atoms with E-state index in [0.717, 1.165) is 11.1 Å². The number of fused-ring (bicyclic) bond motifs is 1. The maximum Gasteiger partial charge on any atom is 0.344 e. The molecule has 4 nitrogen and oxygen atoms in total. The lowest BCUT2D eigenvalue weighted by Crippen LogP contribution is -2.01. The van der Waals surface area contributed by atoms with E-state index in [1.165, 1.54) is 7.11 Å². The fraction of sp³-hybridized carbons (Fsp3) is 0.0588. The van der Waals surface area contributed by atoms with E-state index in [1.807, 2.05) is 18.2 Å². The Labute approximate surface area is 121 Å². The van der Waals surface area contributed by atoms with Crippen LogP contribution in [0.25, 0.3) is 11.6 Å². The molecule has 1 aliphatic heterocycles. The first-order chi connectivity index (χ1) is 10.2. The number of carbonyl (C=O) groups is 2. The van der Waals surface area contributed by atoms with Gasteiger partial charge in [-0.2, -0.15) is 0 Å². The molecule has 104 valence electrons. The zero-order valence-corrected chi connectivity index (χ0v) is 11.3. The maximum atomic E-state index is 11.9. The molecule has 2 aromatic carbocycles. The minimum absolute atomic E-state index is 0.367. The van der Waals surface area contributed by atoms with Gasteiger partial charge in [0.05, 0.1) is 18.2 Å². The molecule has 0 fully saturated rings. The van der Waals surface area contributed by atoms with Gasteiger partial charge in [0.15, 0.2) is 0 Å². The summed E-state index contributed by atoms with van der Waals surface area (Å²) in [7, 11) is 1.34. The highest BCUT2D eigenvalue weighted by molar-refractivity contribution is 6.25. The van der Waals surface area contributed by atoms with Crippen molar-refractivity contribution in [3.8, 4) is 5.75 Å². The summed E-state index contributed by atoms with van der Waals surface area (Å²) in [5.74, 6) is -0.187. The fourth-order valence-corrected chi connectivity index (χ4v) is 2.18. The van der Waals surface area contributed by atoms with Gasteiger partial charge >= 0.3 is 11.9 Å². The molecule has 0 saturated heterocycles. The van der Waals surface area contributed by atoms with Crippen molar-refractivity contribution in [2.75, 3.05) is 7.11 Å². The quantitative estimate of drug-likeness (QED) is 0.482. The predicted octanol–water partition coefficient (Wildman–Crippen LogP) is 2.93. The van der Waals surface area contributed by atoms with Crippen molar-refractivity contribution in [3.05, 3.63) is 65.2 Å². The minimum atomic E-state index is -0.389. The molecule has 21 heavy (non-hydrogen) atoms. The molecule has 0 saturated carbocycles. The van der Waals surface area contributed by atoms with Crippen LogP contribution in [0.1, 0.15) is 21.5 Å². The van der Waals surface area contributed by atoms with Gasteiger partial charge in [-0.25, -0.2) is 9.59 Å². The summed E-state index contributed by atoms with van der Waals surface area (Å²) in [5, 5.41) is 0. The van der Waals surface area contributed by atoms with E-state index < -0.39 is 0 Å². The Morgan fingerprint density at radius 3 is 2.52 bits per heavy atom. The summed E-state index contributed by atoms with van der Waals surface area (Å²) in [6, 6.07) is 14.1. The van der Waals surface area contributed by atoms with Crippen LogP contribution in [0, 0.1) is 0 Å². The number of rotatable bonds is 2. The molecule has 2 aromatic rings. The molecule has 0 aromatic heterocycles. The van der Waals surface area contributed by atoms with Crippen molar-refractivity contribution >= 4 is 23.6 Å². The fourth-order valence-electron chi connectivity index (χ4n) is 2.18. The van der Waals surface area contributed by atoms with Gasteiger partial charge in [0.2, 0.25) is 0 Å². The molecular formula is C17H12O4. The highest BCUT2D eigenvalue weighted by Gasteiger charge is 2.26. The van der Waals surface area contributed by atoms with Crippen LogP contribution in [0.2, 0.25) is 0 Å². The topological polar surface area (TPSA) is 52.6 Å². The summed E-state index contributed by atoms with van der Waals surface area (Å²) < 4.78 is 9.83. The number of hydrogen-bond acceptors (Lipinski definition) is 4. The van der Waals surface area contributed by atoms with Gasteiger partial charge in [-0.05, 0) is 29.8 Å². The second-order valence-electron chi connectivity index (χ2n) is 4.56. The lowest BCUT2D eigenvalue weighted by molar-refractivity contribution is -0.126. The molecule has 0 aliphatic carbocycles. The average Bonchev–Trinajstić information content (AvgIpc) is 2.83. The number of benzene rings is 2. The first kappa shape index (κ1) is 13.1. The molecule has 3 rings (SSSR count). The third-order valence-corrected chi connectivity index (χ3v) is 3.24. The standard InChI is InChI=1S/C17H12O4/c1-20-16(18)12-8-6-11(7-9-12)10-14-13-4-2-3-5-15(13)21-17(14)19/h2-10H,1H3/b14-10+. The summed E-state index contributed by atoms with van der Waals surface area (Å²) in [4.78, 5) is 23.3. The zero-order valence-electron chi connectivity index (χ0n) is 11.3. The molecule has 0 amide bonds. The summed E-state index contributed by atoms with van der Waals surface area (Å²) >= 11 is 0. The number of carbonyl (C=O) groups excluding carboxylic acids is 2. The van der Waals surface area contributed by atoms with Gasteiger partial charge in [-0.15, -0.1) is 0 Å². The van der Waals surface area contributed by atoms with Crippen LogP contribution in [-0.4, -0.2) is 19.0 Å². The van der Waals surface area contributed by atoms with E-state index in [4.69, 9.17) is 4.74 Å². The molecule has 0 atom stereocenters. The molecule has 0 N–H and O–H groups in total. The lowest BCUT2D eigenvalue weighted by Gasteiger charge is -2.00. The van der Waals surface area contributed by atoms with Crippen molar-refractivity contribution in [1.29, 1.82) is 0 Å². The van der Waals surface area contributed by atoms with Crippen LogP contribution in [0.4, 0.5) is 0 Å². The van der Waals surface area contributed by atoms with Gasteiger partial charge < -0.3 is 9.47 Å². The van der Waals surface area contributed by atoms with Crippen molar-refractivity contribution in [3.63, 3.8) is 0 Å². The Balaban J connectivity index is 1.95. The Morgan fingerprint density at radius 1 is 1.10 bits per heavy atom. The number of esters is 2. The van der Waals surface area contributed by atoms with Crippen LogP contribution >= 0.6 is 0 Å². The Hall–Kier alpha value is -2.88. The van der Waals surface area contributed by atoms with Crippen LogP contribution < -0.4 is 4.74 Å². The third kappa shape index (κ3) is 2.43. The van der Waals surface area contributed by atoms with Crippen LogP contribution in [-0.2, 0) is 9.53 Å². The summed E-state index contributed by atoms with van der Waals surface area (Å²) in [6.07, 6.45) is 1.75. The molecule has 0 bridgehead atoms. The highest BCUT2D eigenvalue weighted by Crippen LogP contribution is 2.34. The number of hydrogen-bond donors (Lipinski definition) is 0. The van der Waals surface area contributed by atoms with Crippen LogP contribution in [0.15, 0.2) is 48.5 Å². The number of methoxy groups -OCH3 is 1. The van der Waals surface area contributed by atoms with E-state index in [1.54, 1.807) is 36.4 Å². The van der Waals surface area contributed by atoms with Crippen molar-refractivity contribution in [2.45, 2.75) is 0 Å². The Morgan fingerprint density at radius 2 is 1.81 bits per heavy atom. The number of para-hydroxylation sites is 1. The summed E-state index contributed by atoms with van der Waals surface area (Å²) in [5.41, 5.74) is 2.57. The van der Waals surface area contributed by atoms with Crippen molar-refractivity contribution in [2.24, 2.45) is 0 Å². The molecule has 1 heterocycles. The normalized spacial score (nSPS) is 14.7. The van der Waals surface area contributed by atoms with Gasteiger partial charge in [0.1, 0.15) is 5.75 Å². The zero-order chi connectivity index (χ0) is 14.8. The first-order valence-corrected chi connectivity index (χ1v) is 6.40. The SMILES string of the molecule is COC(=O)c1ccc(/C=C2/C(=O)Oc3ccccc32)cc1. The van der Waals surface area contributed by atoms with Crippen LogP contribution in [0.5, 0.6) is 5.75 Å². The minimum Gasteiger partial charge on any atom is -0.465 e. The highest BCUT2D eigenvalue weighted by atomic mass is 16.5. The summed E-state index contributed by atoms with van der Waals surface area (Å²) in [6.45, 7) is 0. The maximum absolute atomic E-state index is 11.9. The van der Waals surface area contributed by atoms with Gasteiger partial charge in [-0.1, -0.05) is 30.3 Å². The molecule has 4 heteroatoms. The second kappa shape index (κ2) is 5.25. The van der Waals surface area contributed by atoms with E-state index in [0.29, 0.717) is 16.9 Å². The van der Waals surface area contributed by atoms with E-state index in [2.05, 4.69) is 4.74 Å². The average molecular weight is 280 g/mol. The molecule has 0 unspecified atom stereocenters. The molecule has 1 aliphatic rings. The smallest absolute Gasteiger partial charge is 0.344 e. The Bertz CT molecular complexity index is 742. The van der Waals surface area contributed by atoms with Gasteiger partial charge in [-0.3, -0.25) is 0 Å². The Kier molecular flexibility index (Phi) is 3.28. The van der Waals surface area contributed by atoms with Gasteiger partial charge in [0.25, 0.3) is 0 Å². The molecule has 0 spiro atoms. The van der Waals surface area contributed by atoms with E-state index in [9.17, 15) is 9.59 Å². The second-order valence-corrected chi connectivity index (χ2v) is 4.56. The largest absolute Gasteiger partial charge is 0.465 e. The van der Waals surface area contributed by atoms with E-state index in [-0.39, 0.29) is 11.9 Å². The number of ether oxygens (including phenoxy) is 2. The third-order valence-electron chi connectivity index (χ3n) is 3.24. The van der Waals surface area contributed by atoms with Crippen LogP contribution in [0.3, 0.4) is 0 Å². The predicted molar refractivity (Wildman–Crippen MR) is 77.7 cm³/mol. The van der Waals surface area contributed by atoms with Crippen molar-refractivity contribution < 1.29 is 19.1 Å². The van der Waals surface area contributed by atoms with Crippen molar-refractivity contribution in [1.82, 2.24) is 0 Å². The first-order valence-electron chi connectivity index (χ1n) is 6.40.